The van der Waals surface area contributed by atoms with Crippen LogP contribution in [-0.2, 0) is 27.8 Å². The Morgan fingerprint density at radius 2 is 1.76 bits per heavy atom. The van der Waals surface area contributed by atoms with E-state index in [0.717, 1.165) is 12.7 Å². The SMILES string of the molecule is CCc1ccc(OCC(=O)NCc2ccccc2NS(C)(=O)=O)cc1. The zero-order valence-corrected chi connectivity index (χ0v) is 15.1. The lowest BCUT2D eigenvalue weighted by atomic mass is 10.2. The summed E-state index contributed by atoms with van der Waals surface area (Å²) in [6, 6.07) is 14.5. The molecule has 7 heteroatoms. The minimum atomic E-state index is -3.38. The molecule has 0 aromatic heterocycles. The number of benzene rings is 2. The van der Waals surface area contributed by atoms with E-state index < -0.39 is 10.0 Å². The highest BCUT2D eigenvalue weighted by Gasteiger charge is 2.09. The van der Waals surface area contributed by atoms with E-state index in [1.54, 1.807) is 24.3 Å². The quantitative estimate of drug-likeness (QED) is 0.755. The number of para-hydroxylation sites is 1. The fourth-order valence-corrected chi connectivity index (χ4v) is 2.79. The Balaban J connectivity index is 1.87. The van der Waals surface area contributed by atoms with E-state index in [1.807, 2.05) is 24.3 Å². The lowest BCUT2D eigenvalue weighted by molar-refractivity contribution is -0.123. The third-order valence-electron chi connectivity index (χ3n) is 3.49. The molecule has 0 aliphatic carbocycles. The van der Waals surface area contributed by atoms with E-state index >= 15 is 0 Å². The van der Waals surface area contributed by atoms with Gasteiger partial charge in [0.25, 0.3) is 5.91 Å². The number of carbonyl (C=O) groups excluding carboxylic acids is 1. The topological polar surface area (TPSA) is 84.5 Å². The van der Waals surface area contributed by atoms with Crippen molar-refractivity contribution in [3.63, 3.8) is 0 Å². The molecule has 0 unspecified atom stereocenters. The van der Waals surface area contributed by atoms with E-state index in [4.69, 9.17) is 4.74 Å². The maximum Gasteiger partial charge on any atom is 0.258 e. The van der Waals surface area contributed by atoms with Crippen LogP contribution in [0.2, 0.25) is 0 Å². The number of ether oxygens (including phenoxy) is 1. The summed E-state index contributed by atoms with van der Waals surface area (Å²) in [5, 5.41) is 2.72. The molecule has 0 aliphatic heterocycles. The molecule has 0 saturated carbocycles. The van der Waals surface area contributed by atoms with E-state index in [2.05, 4.69) is 17.0 Å². The molecule has 2 aromatic carbocycles. The highest BCUT2D eigenvalue weighted by Crippen LogP contribution is 2.16. The molecule has 0 radical (unpaired) electrons. The molecule has 2 N–H and O–H groups in total. The van der Waals surface area contributed by atoms with Crippen molar-refractivity contribution in [2.45, 2.75) is 19.9 Å². The summed E-state index contributed by atoms with van der Waals surface area (Å²) in [6.07, 6.45) is 2.03. The Morgan fingerprint density at radius 3 is 2.40 bits per heavy atom. The van der Waals surface area contributed by atoms with Crippen LogP contribution in [0.3, 0.4) is 0 Å². The van der Waals surface area contributed by atoms with Crippen LogP contribution in [0, 0.1) is 0 Å². The standard InChI is InChI=1S/C18H22N2O4S/c1-3-14-8-10-16(11-9-14)24-13-18(21)19-12-15-6-4-5-7-17(15)20-25(2,22)23/h4-11,20H,3,12-13H2,1-2H3,(H,19,21). The predicted octanol–water partition coefficient (Wildman–Crippen LogP) is 2.32. The summed E-state index contributed by atoms with van der Waals surface area (Å²) >= 11 is 0. The third-order valence-corrected chi connectivity index (χ3v) is 4.08. The second-order valence-corrected chi connectivity index (χ2v) is 7.34. The monoisotopic (exact) mass is 362 g/mol. The number of amides is 1. The number of carbonyl (C=O) groups is 1. The lowest BCUT2D eigenvalue weighted by Gasteiger charge is -2.12. The molecule has 2 rings (SSSR count). The van der Waals surface area contributed by atoms with Gasteiger partial charge in [0.15, 0.2) is 6.61 Å². The minimum absolute atomic E-state index is 0.104. The van der Waals surface area contributed by atoms with Crippen molar-refractivity contribution in [3.8, 4) is 5.75 Å². The summed E-state index contributed by atoms with van der Waals surface area (Å²) in [7, 11) is -3.38. The number of sulfonamides is 1. The normalized spacial score (nSPS) is 11.0. The molecule has 0 fully saturated rings. The van der Waals surface area contributed by atoms with Gasteiger partial charge in [0.05, 0.1) is 11.9 Å². The van der Waals surface area contributed by atoms with Gasteiger partial charge in [0.2, 0.25) is 10.0 Å². The van der Waals surface area contributed by atoms with Gasteiger partial charge >= 0.3 is 0 Å². The van der Waals surface area contributed by atoms with Crippen LogP contribution in [0.15, 0.2) is 48.5 Å². The second-order valence-electron chi connectivity index (χ2n) is 5.59. The van der Waals surface area contributed by atoms with Gasteiger partial charge in [-0.1, -0.05) is 37.3 Å². The number of hydrogen-bond acceptors (Lipinski definition) is 4. The number of aryl methyl sites for hydroxylation is 1. The highest BCUT2D eigenvalue weighted by molar-refractivity contribution is 7.92. The van der Waals surface area contributed by atoms with E-state index in [0.29, 0.717) is 17.0 Å². The fourth-order valence-electron chi connectivity index (χ4n) is 2.19. The van der Waals surface area contributed by atoms with Crippen LogP contribution in [0.5, 0.6) is 5.75 Å². The first-order valence-electron chi connectivity index (χ1n) is 7.91. The molecule has 0 saturated heterocycles. The second kappa shape index (κ2) is 8.53. The van der Waals surface area contributed by atoms with Crippen molar-refractivity contribution in [3.05, 3.63) is 59.7 Å². The minimum Gasteiger partial charge on any atom is -0.484 e. The Kier molecular flexibility index (Phi) is 6.41. The van der Waals surface area contributed by atoms with Gasteiger partial charge in [-0.2, -0.15) is 0 Å². The van der Waals surface area contributed by atoms with Crippen LogP contribution >= 0.6 is 0 Å². The maximum absolute atomic E-state index is 11.9. The first kappa shape index (κ1) is 18.8. The summed E-state index contributed by atoms with van der Waals surface area (Å²) in [4.78, 5) is 11.9. The molecular formula is C18H22N2O4S. The van der Waals surface area contributed by atoms with Crippen molar-refractivity contribution < 1.29 is 17.9 Å². The number of nitrogens with one attached hydrogen (secondary N) is 2. The summed E-state index contributed by atoms with van der Waals surface area (Å²) in [5.41, 5.74) is 2.32. The molecule has 0 atom stereocenters. The third kappa shape index (κ3) is 6.46. The average Bonchev–Trinajstić information content (AvgIpc) is 2.58. The molecule has 25 heavy (non-hydrogen) atoms. The smallest absolute Gasteiger partial charge is 0.258 e. The zero-order chi connectivity index (χ0) is 18.3. The van der Waals surface area contributed by atoms with Crippen LogP contribution in [-0.4, -0.2) is 27.2 Å². The molecule has 6 nitrogen and oxygen atoms in total. The molecule has 2 aromatic rings. The molecule has 1 amide bonds. The molecule has 0 spiro atoms. The fraction of sp³-hybridized carbons (Fsp3) is 0.278. The molecule has 0 aliphatic rings. The first-order valence-corrected chi connectivity index (χ1v) is 9.80. The largest absolute Gasteiger partial charge is 0.484 e. The Bertz CT molecular complexity index is 817. The van der Waals surface area contributed by atoms with E-state index in [-0.39, 0.29) is 19.1 Å². The molecule has 134 valence electrons. The van der Waals surface area contributed by atoms with Crippen molar-refractivity contribution in [2.24, 2.45) is 0 Å². The van der Waals surface area contributed by atoms with Crippen LogP contribution < -0.4 is 14.8 Å². The molecular weight excluding hydrogens is 340 g/mol. The zero-order valence-electron chi connectivity index (χ0n) is 14.3. The van der Waals surface area contributed by atoms with E-state index in [1.165, 1.54) is 5.56 Å². The Hall–Kier alpha value is -2.54. The summed E-state index contributed by atoms with van der Waals surface area (Å²) in [6.45, 7) is 2.17. The van der Waals surface area contributed by atoms with Gasteiger partial charge < -0.3 is 10.1 Å². The van der Waals surface area contributed by atoms with Crippen molar-refractivity contribution >= 4 is 21.6 Å². The summed E-state index contributed by atoms with van der Waals surface area (Å²) in [5.74, 6) is 0.347. The van der Waals surface area contributed by atoms with Gasteiger partial charge in [-0.15, -0.1) is 0 Å². The predicted molar refractivity (Wildman–Crippen MR) is 98.1 cm³/mol. The van der Waals surface area contributed by atoms with Gasteiger partial charge in [0, 0.05) is 6.54 Å². The Morgan fingerprint density at radius 1 is 1.08 bits per heavy atom. The average molecular weight is 362 g/mol. The van der Waals surface area contributed by atoms with Gasteiger partial charge in [0.1, 0.15) is 5.75 Å². The van der Waals surface area contributed by atoms with E-state index in [9.17, 15) is 13.2 Å². The maximum atomic E-state index is 11.9. The highest BCUT2D eigenvalue weighted by atomic mass is 32.2. The van der Waals surface area contributed by atoms with Crippen LogP contribution in [0.1, 0.15) is 18.1 Å². The van der Waals surface area contributed by atoms with Crippen molar-refractivity contribution in [2.75, 3.05) is 17.6 Å². The van der Waals surface area contributed by atoms with Crippen molar-refractivity contribution in [1.29, 1.82) is 0 Å². The van der Waals surface area contributed by atoms with Crippen molar-refractivity contribution in [1.82, 2.24) is 5.32 Å². The summed E-state index contributed by atoms with van der Waals surface area (Å²) < 4.78 is 30.6. The number of anilines is 1. The van der Waals surface area contributed by atoms with Crippen LogP contribution in [0.4, 0.5) is 5.69 Å². The van der Waals surface area contributed by atoms with Crippen LogP contribution in [0.25, 0.3) is 0 Å². The molecule has 0 bridgehead atoms. The van der Waals surface area contributed by atoms with Gasteiger partial charge in [-0.3, -0.25) is 9.52 Å². The van der Waals surface area contributed by atoms with Gasteiger partial charge in [-0.05, 0) is 35.7 Å². The molecule has 0 heterocycles. The first-order chi connectivity index (χ1) is 11.9. The Labute approximate surface area is 148 Å². The number of rotatable bonds is 8. The number of hydrogen-bond donors (Lipinski definition) is 2. The van der Waals surface area contributed by atoms with Gasteiger partial charge in [-0.25, -0.2) is 8.42 Å². The lowest BCUT2D eigenvalue weighted by Crippen LogP contribution is -2.28.